The van der Waals surface area contributed by atoms with Crippen molar-refractivity contribution < 1.29 is 4.74 Å². The summed E-state index contributed by atoms with van der Waals surface area (Å²) in [5, 5.41) is 8.14. The van der Waals surface area contributed by atoms with Gasteiger partial charge < -0.3 is 10.5 Å². The van der Waals surface area contributed by atoms with Crippen molar-refractivity contribution in [3.05, 3.63) is 18.2 Å². The van der Waals surface area contributed by atoms with Crippen LogP contribution < -0.4 is 10.5 Å². The lowest BCUT2D eigenvalue weighted by molar-refractivity contribution is 0.416. The van der Waals surface area contributed by atoms with Crippen molar-refractivity contribution in [3.8, 4) is 5.75 Å². The number of nitrogens with zero attached hydrogens (tertiary/aromatic N) is 2. The monoisotopic (exact) mass is 285 g/mol. The summed E-state index contributed by atoms with van der Waals surface area (Å²) in [5.41, 5.74) is 6.39. The van der Waals surface area contributed by atoms with E-state index in [1.807, 2.05) is 24.5 Å². The van der Waals surface area contributed by atoms with Crippen LogP contribution in [-0.2, 0) is 0 Å². The van der Waals surface area contributed by atoms with E-state index < -0.39 is 0 Å². The second-order valence-electron chi connectivity index (χ2n) is 3.04. The van der Waals surface area contributed by atoms with Gasteiger partial charge in [0.15, 0.2) is 8.68 Å². The molecule has 90 valence electrons. The molecule has 17 heavy (non-hydrogen) atoms. The van der Waals surface area contributed by atoms with E-state index in [0.717, 1.165) is 13.6 Å². The number of hydrogen-bond acceptors (Lipinski definition) is 7. The number of anilines is 1. The highest BCUT2D eigenvalue weighted by atomic mass is 32.2. The van der Waals surface area contributed by atoms with E-state index in [4.69, 9.17) is 10.5 Å². The maximum atomic E-state index is 5.76. The molecule has 2 N–H and O–H groups in total. The second kappa shape index (κ2) is 5.61. The second-order valence-corrected chi connectivity index (χ2v) is 6.40. The summed E-state index contributed by atoms with van der Waals surface area (Å²) in [6.07, 6.45) is 1.99. The van der Waals surface area contributed by atoms with Crippen LogP contribution >= 0.6 is 34.9 Å². The summed E-state index contributed by atoms with van der Waals surface area (Å²) in [5.74, 6) is 0.685. The third kappa shape index (κ3) is 3.05. The Bertz CT molecular complexity index is 515. The van der Waals surface area contributed by atoms with E-state index in [-0.39, 0.29) is 0 Å². The Labute approximate surface area is 112 Å². The molecule has 0 unspecified atom stereocenters. The normalized spacial score (nSPS) is 10.5. The molecular formula is C10H11N3OS3. The highest BCUT2D eigenvalue weighted by molar-refractivity contribution is 8.03. The fourth-order valence-electron chi connectivity index (χ4n) is 1.18. The molecule has 2 rings (SSSR count). The van der Waals surface area contributed by atoms with Gasteiger partial charge in [0.05, 0.1) is 12.8 Å². The number of thioether (sulfide) groups is 1. The molecule has 0 aliphatic rings. The Balaban J connectivity index is 2.18. The quantitative estimate of drug-likeness (QED) is 0.688. The van der Waals surface area contributed by atoms with Gasteiger partial charge in [0.25, 0.3) is 0 Å². The van der Waals surface area contributed by atoms with E-state index >= 15 is 0 Å². The molecule has 1 aromatic carbocycles. The fourth-order valence-corrected chi connectivity index (χ4v) is 3.62. The van der Waals surface area contributed by atoms with Crippen LogP contribution in [-0.4, -0.2) is 23.6 Å². The van der Waals surface area contributed by atoms with Crippen molar-refractivity contribution >= 4 is 40.5 Å². The lowest BCUT2D eigenvalue weighted by Crippen LogP contribution is -1.91. The zero-order valence-corrected chi connectivity index (χ0v) is 11.8. The summed E-state index contributed by atoms with van der Waals surface area (Å²) >= 11 is 4.73. The molecule has 0 spiro atoms. The summed E-state index contributed by atoms with van der Waals surface area (Å²) in [7, 11) is 1.61. The Kier molecular flexibility index (Phi) is 4.14. The molecule has 1 aromatic heterocycles. The molecule has 0 saturated carbocycles. The standard InChI is InChI=1S/C10H11N3OS3/c1-14-8-5-6(3-4-7(8)11)16-10-13-12-9(15-2)17-10/h3-5H,11H2,1-2H3. The number of nitrogen functional groups attached to an aromatic ring is 1. The molecule has 7 heteroatoms. The van der Waals surface area contributed by atoms with Gasteiger partial charge in [0.1, 0.15) is 5.75 Å². The van der Waals surface area contributed by atoms with Gasteiger partial charge in [0, 0.05) is 4.90 Å². The Morgan fingerprint density at radius 1 is 1.29 bits per heavy atom. The van der Waals surface area contributed by atoms with Gasteiger partial charge in [0.2, 0.25) is 0 Å². The van der Waals surface area contributed by atoms with Crippen LogP contribution in [0.4, 0.5) is 5.69 Å². The van der Waals surface area contributed by atoms with Crippen LogP contribution in [0.2, 0.25) is 0 Å². The van der Waals surface area contributed by atoms with Crippen LogP contribution in [0, 0.1) is 0 Å². The summed E-state index contributed by atoms with van der Waals surface area (Å²) in [6.45, 7) is 0. The molecule has 2 aromatic rings. The third-order valence-electron chi connectivity index (χ3n) is 1.97. The third-order valence-corrected chi connectivity index (χ3v) is 4.91. The average Bonchev–Trinajstić information content (AvgIpc) is 2.79. The van der Waals surface area contributed by atoms with Gasteiger partial charge >= 0.3 is 0 Å². The van der Waals surface area contributed by atoms with E-state index in [9.17, 15) is 0 Å². The van der Waals surface area contributed by atoms with Crippen LogP contribution in [0.3, 0.4) is 0 Å². The van der Waals surface area contributed by atoms with Gasteiger partial charge in [-0.1, -0.05) is 34.9 Å². The van der Waals surface area contributed by atoms with Gasteiger partial charge in [-0.05, 0) is 24.5 Å². The van der Waals surface area contributed by atoms with Crippen molar-refractivity contribution in [1.82, 2.24) is 10.2 Å². The zero-order valence-electron chi connectivity index (χ0n) is 9.34. The zero-order chi connectivity index (χ0) is 12.3. The van der Waals surface area contributed by atoms with Crippen molar-refractivity contribution in [2.75, 3.05) is 19.1 Å². The van der Waals surface area contributed by atoms with Crippen LogP contribution in [0.15, 0.2) is 31.8 Å². The Hall–Kier alpha value is -0.920. The smallest absolute Gasteiger partial charge is 0.179 e. The van der Waals surface area contributed by atoms with Crippen LogP contribution in [0.5, 0.6) is 5.75 Å². The van der Waals surface area contributed by atoms with Crippen molar-refractivity contribution in [1.29, 1.82) is 0 Å². The van der Waals surface area contributed by atoms with E-state index in [1.54, 1.807) is 42.0 Å². The number of hydrogen-bond donors (Lipinski definition) is 1. The molecule has 0 aliphatic carbocycles. The first-order valence-corrected chi connectivity index (χ1v) is 7.57. The number of benzene rings is 1. The lowest BCUT2D eigenvalue weighted by Gasteiger charge is -2.05. The van der Waals surface area contributed by atoms with Crippen molar-refractivity contribution in [2.24, 2.45) is 0 Å². The summed E-state index contributed by atoms with van der Waals surface area (Å²) < 4.78 is 7.06. The maximum absolute atomic E-state index is 5.76. The van der Waals surface area contributed by atoms with E-state index in [2.05, 4.69) is 10.2 Å². The first kappa shape index (κ1) is 12.5. The van der Waals surface area contributed by atoms with Gasteiger partial charge in [-0.25, -0.2) is 0 Å². The fraction of sp³-hybridized carbons (Fsp3) is 0.200. The number of ether oxygens (including phenoxy) is 1. The van der Waals surface area contributed by atoms with E-state index in [0.29, 0.717) is 11.4 Å². The predicted molar refractivity (Wildman–Crippen MR) is 73.2 cm³/mol. The average molecular weight is 285 g/mol. The first-order chi connectivity index (χ1) is 8.22. The maximum Gasteiger partial charge on any atom is 0.179 e. The first-order valence-electron chi connectivity index (χ1n) is 4.72. The van der Waals surface area contributed by atoms with Crippen molar-refractivity contribution in [3.63, 3.8) is 0 Å². The Morgan fingerprint density at radius 3 is 2.71 bits per heavy atom. The van der Waals surface area contributed by atoms with Crippen LogP contribution in [0.1, 0.15) is 0 Å². The number of aromatic nitrogens is 2. The minimum absolute atomic E-state index is 0.638. The number of nitrogens with two attached hydrogens (primary N) is 1. The van der Waals surface area contributed by atoms with Gasteiger partial charge in [-0.2, -0.15) is 0 Å². The Morgan fingerprint density at radius 2 is 2.06 bits per heavy atom. The molecular weight excluding hydrogens is 274 g/mol. The summed E-state index contributed by atoms with van der Waals surface area (Å²) in [6, 6.07) is 5.68. The molecule has 0 amide bonds. The predicted octanol–water partition coefficient (Wildman–Crippen LogP) is 3.00. The highest BCUT2D eigenvalue weighted by Crippen LogP contribution is 2.35. The molecule has 0 atom stereocenters. The molecule has 0 radical (unpaired) electrons. The van der Waals surface area contributed by atoms with Gasteiger partial charge in [-0.3, -0.25) is 0 Å². The molecule has 0 aliphatic heterocycles. The minimum atomic E-state index is 0.638. The summed E-state index contributed by atoms with van der Waals surface area (Å²) in [4.78, 5) is 1.04. The lowest BCUT2D eigenvalue weighted by atomic mass is 10.3. The largest absolute Gasteiger partial charge is 0.495 e. The molecule has 1 heterocycles. The molecule has 0 bridgehead atoms. The number of methoxy groups -OCH3 is 1. The van der Waals surface area contributed by atoms with Gasteiger partial charge in [-0.15, -0.1) is 10.2 Å². The SMILES string of the molecule is COc1cc(Sc2nnc(SC)s2)ccc1N. The highest BCUT2D eigenvalue weighted by Gasteiger charge is 2.07. The molecule has 0 fully saturated rings. The van der Waals surface area contributed by atoms with Crippen molar-refractivity contribution in [2.45, 2.75) is 13.6 Å². The topological polar surface area (TPSA) is 61.0 Å². The molecule has 4 nitrogen and oxygen atoms in total. The minimum Gasteiger partial charge on any atom is -0.495 e. The number of rotatable bonds is 4. The van der Waals surface area contributed by atoms with E-state index in [1.165, 1.54) is 0 Å². The molecule has 0 saturated heterocycles. The van der Waals surface area contributed by atoms with Crippen LogP contribution in [0.25, 0.3) is 0 Å².